The van der Waals surface area contributed by atoms with Crippen LogP contribution in [0.5, 0.6) is 0 Å². The topological polar surface area (TPSA) is 29.5 Å². The Morgan fingerprint density at radius 3 is 2.69 bits per heavy atom. The normalized spacial score (nSPS) is 19.7. The smallest absolute Gasteiger partial charge is 0.0834 e. The van der Waals surface area contributed by atoms with Crippen LogP contribution in [0.3, 0.4) is 0 Å². The van der Waals surface area contributed by atoms with E-state index in [0.717, 1.165) is 36.1 Å². The van der Waals surface area contributed by atoms with Crippen LogP contribution in [-0.2, 0) is 4.74 Å². The summed E-state index contributed by atoms with van der Waals surface area (Å²) in [6.07, 6.45) is 1.31. The first kappa shape index (κ1) is 12.4. The number of rotatable bonds is 2. The quantitative estimate of drug-likeness (QED) is 0.905. The zero-order chi connectivity index (χ0) is 11.5. The van der Waals surface area contributed by atoms with Gasteiger partial charge in [-0.25, -0.2) is 0 Å². The van der Waals surface area contributed by atoms with E-state index in [1.807, 2.05) is 18.2 Å². The second-order valence-corrected chi connectivity index (χ2v) is 5.38. The van der Waals surface area contributed by atoms with E-state index in [4.69, 9.17) is 16.3 Å². The summed E-state index contributed by atoms with van der Waals surface area (Å²) in [7, 11) is 0. The third-order valence-corrected chi connectivity index (χ3v) is 3.81. The molecule has 4 heteroatoms. The van der Waals surface area contributed by atoms with Gasteiger partial charge in [-0.15, -0.1) is 0 Å². The minimum absolute atomic E-state index is 0.257. The first-order valence-corrected chi connectivity index (χ1v) is 6.56. The number of benzene rings is 1. The first-order chi connectivity index (χ1) is 7.68. The average molecular weight is 306 g/mol. The Bertz CT molecular complexity index is 364. The molecule has 1 atom stereocenters. The third kappa shape index (κ3) is 2.77. The fourth-order valence-corrected chi connectivity index (χ4v) is 2.81. The van der Waals surface area contributed by atoms with E-state index in [0.29, 0.717) is 5.02 Å². The van der Waals surface area contributed by atoms with E-state index in [2.05, 4.69) is 15.9 Å². The Kier molecular flexibility index (Phi) is 4.25. The second kappa shape index (κ2) is 5.50. The zero-order valence-electron chi connectivity index (χ0n) is 8.83. The summed E-state index contributed by atoms with van der Waals surface area (Å²) in [6, 6.07) is 5.61. The summed E-state index contributed by atoms with van der Waals surface area (Å²) in [5, 5.41) is 10.9. The Morgan fingerprint density at radius 2 is 2.06 bits per heavy atom. The molecule has 1 unspecified atom stereocenters. The van der Waals surface area contributed by atoms with Crippen molar-refractivity contribution in [2.75, 3.05) is 13.2 Å². The van der Waals surface area contributed by atoms with E-state index in [9.17, 15) is 5.11 Å². The molecule has 1 aliphatic rings. The molecule has 1 aromatic carbocycles. The second-order valence-electron chi connectivity index (χ2n) is 4.06. The van der Waals surface area contributed by atoms with Gasteiger partial charge in [0.25, 0.3) is 0 Å². The highest BCUT2D eigenvalue weighted by atomic mass is 79.9. The summed E-state index contributed by atoms with van der Waals surface area (Å²) in [5.41, 5.74) is 0.816. The molecule has 0 amide bonds. The van der Waals surface area contributed by atoms with E-state index in [1.165, 1.54) is 0 Å². The molecule has 0 saturated carbocycles. The highest BCUT2D eigenvalue weighted by Crippen LogP contribution is 2.34. The predicted octanol–water partition coefficient (Wildman–Crippen LogP) is 3.56. The van der Waals surface area contributed by atoms with E-state index in [1.54, 1.807) is 0 Å². The molecule has 0 spiro atoms. The molecule has 0 radical (unpaired) electrons. The molecule has 0 bridgehead atoms. The molecule has 2 nitrogen and oxygen atoms in total. The van der Waals surface area contributed by atoms with Gasteiger partial charge in [-0.3, -0.25) is 0 Å². The number of aliphatic hydroxyl groups excluding tert-OH is 1. The number of halogens is 2. The van der Waals surface area contributed by atoms with Crippen LogP contribution in [0.4, 0.5) is 0 Å². The van der Waals surface area contributed by atoms with E-state index >= 15 is 0 Å². The van der Waals surface area contributed by atoms with Gasteiger partial charge in [-0.05, 0) is 36.5 Å². The SMILES string of the molecule is OC(c1ccc(Br)cc1Cl)C1CCOCC1. The largest absolute Gasteiger partial charge is 0.388 e. The van der Waals surface area contributed by atoms with Crippen LogP contribution in [0.25, 0.3) is 0 Å². The van der Waals surface area contributed by atoms with Crippen molar-refractivity contribution in [1.82, 2.24) is 0 Å². The molecular formula is C12H14BrClO2. The summed E-state index contributed by atoms with van der Waals surface area (Å²) >= 11 is 9.48. The lowest BCUT2D eigenvalue weighted by atomic mass is 9.89. The van der Waals surface area contributed by atoms with Gasteiger partial charge in [-0.2, -0.15) is 0 Å². The molecule has 1 heterocycles. The van der Waals surface area contributed by atoms with Crippen molar-refractivity contribution < 1.29 is 9.84 Å². The predicted molar refractivity (Wildman–Crippen MR) is 67.7 cm³/mol. The lowest BCUT2D eigenvalue weighted by Gasteiger charge is -2.27. The maximum atomic E-state index is 10.3. The molecule has 1 aromatic rings. The van der Waals surface area contributed by atoms with Gasteiger partial charge in [0.05, 0.1) is 6.10 Å². The number of ether oxygens (including phenoxy) is 1. The summed E-state index contributed by atoms with van der Waals surface area (Å²) in [5.74, 6) is 0.257. The van der Waals surface area contributed by atoms with Crippen molar-refractivity contribution in [3.63, 3.8) is 0 Å². The molecule has 1 fully saturated rings. The molecule has 0 aliphatic carbocycles. The molecule has 1 saturated heterocycles. The summed E-state index contributed by atoms with van der Waals surface area (Å²) < 4.78 is 6.21. The Hall–Kier alpha value is -0.0900. The highest BCUT2D eigenvalue weighted by Gasteiger charge is 2.24. The van der Waals surface area contributed by atoms with Gasteiger partial charge in [0, 0.05) is 22.7 Å². The van der Waals surface area contributed by atoms with Crippen LogP contribution in [-0.4, -0.2) is 18.3 Å². The minimum atomic E-state index is -0.482. The van der Waals surface area contributed by atoms with Crippen molar-refractivity contribution in [2.45, 2.75) is 18.9 Å². The molecular weight excluding hydrogens is 291 g/mol. The summed E-state index contributed by atoms with van der Waals surface area (Å²) in [6.45, 7) is 1.46. The van der Waals surface area contributed by atoms with Crippen LogP contribution in [0.2, 0.25) is 5.02 Å². The van der Waals surface area contributed by atoms with Gasteiger partial charge in [0.15, 0.2) is 0 Å². The Labute approximate surface area is 109 Å². The molecule has 88 valence electrons. The van der Waals surface area contributed by atoms with Gasteiger partial charge < -0.3 is 9.84 Å². The van der Waals surface area contributed by atoms with Crippen molar-refractivity contribution >= 4 is 27.5 Å². The van der Waals surface area contributed by atoms with E-state index < -0.39 is 6.10 Å². The Balaban J connectivity index is 2.15. The molecule has 16 heavy (non-hydrogen) atoms. The fourth-order valence-electron chi connectivity index (χ4n) is 2.03. The average Bonchev–Trinajstić information content (AvgIpc) is 2.29. The zero-order valence-corrected chi connectivity index (χ0v) is 11.2. The maximum Gasteiger partial charge on any atom is 0.0834 e. The number of hydrogen-bond donors (Lipinski definition) is 1. The van der Waals surface area contributed by atoms with Crippen molar-refractivity contribution in [2.24, 2.45) is 5.92 Å². The van der Waals surface area contributed by atoms with E-state index in [-0.39, 0.29) is 5.92 Å². The lowest BCUT2D eigenvalue weighted by molar-refractivity contribution is 0.00722. The van der Waals surface area contributed by atoms with Crippen LogP contribution >= 0.6 is 27.5 Å². The standard InChI is InChI=1S/C12H14BrClO2/c13-9-1-2-10(11(14)7-9)12(15)8-3-5-16-6-4-8/h1-2,7-8,12,15H,3-6H2. The molecule has 0 aromatic heterocycles. The van der Waals surface area contributed by atoms with Crippen molar-refractivity contribution in [3.05, 3.63) is 33.3 Å². The van der Waals surface area contributed by atoms with Crippen LogP contribution in [0, 0.1) is 5.92 Å². The molecule has 1 N–H and O–H groups in total. The van der Waals surface area contributed by atoms with Gasteiger partial charge >= 0.3 is 0 Å². The molecule has 1 aliphatic heterocycles. The first-order valence-electron chi connectivity index (χ1n) is 5.39. The number of aliphatic hydroxyl groups is 1. The van der Waals surface area contributed by atoms with Gasteiger partial charge in [0.1, 0.15) is 0 Å². The monoisotopic (exact) mass is 304 g/mol. The van der Waals surface area contributed by atoms with Crippen LogP contribution < -0.4 is 0 Å². The van der Waals surface area contributed by atoms with Gasteiger partial charge in [0.2, 0.25) is 0 Å². The minimum Gasteiger partial charge on any atom is -0.388 e. The van der Waals surface area contributed by atoms with Crippen molar-refractivity contribution in [3.8, 4) is 0 Å². The number of hydrogen-bond acceptors (Lipinski definition) is 2. The van der Waals surface area contributed by atoms with Gasteiger partial charge in [-0.1, -0.05) is 33.6 Å². The fraction of sp³-hybridized carbons (Fsp3) is 0.500. The van der Waals surface area contributed by atoms with Crippen LogP contribution in [0.1, 0.15) is 24.5 Å². The maximum absolute atomic E-state index is 10.3. The highest BCUT2D eigenvalue weighted by molar-refractivity contribution is 9.10. The third-order valence-electron chi connectivity index (χ3n) is 2.99. The van der Waals surface area contributed by atoms with Crippen LogP contribution in [0.15, 0.2) is 22.7 Å². The lowest BCUT2D eigenvalue weighted by Crippen LogP contribution is -2.22. The molecule has 2 rings (SSSR count). The van der Waals surface area contributed by atoms with Crippen molar-refractivity contribution in [1.29, 1.82) is 0 Å². The Morgan fingerprint density at radius 1 is 1.38 bits per heavy atom. The summed E-state index contributed by atoms with van der Waals surface area (Å²) in [4.78, 5) is 0.